The average molecular weight is 1020 g/mol. The summed E-state index contributed by atoms with van der Waals surface area (Å²) >= 11 is 0. The van der Waals surface area contributed by atoms with Gasteiger partial charge in [-0.25, -0.2) is 8.78 Å². The molecule has 14 nitrogen and oxygen atoms in total. The molecule has 75 heavy (non-hydrogen) atoms. The molecule has 1 N–H and O–H groups in total. The fourth-order valence-electron chi connectivity index (χ4n) is 10.0. The number of H-pyrrole nitrogens is 1. The summed E-state index contributed by atoms with van der Waals surface area (Å²) in [5.74, 6) is -0.729. The third-order valence-corrected chi connectivity index (χ3v) is 14.0. The smallest absolute Gasteiger partial charge is 0.373 e. The van der Waals surface area contributed by atoms with E-state index >= 15 is 0 Å². The second-order valence-corrected chi connectivity index (χ2v) is 18.7. The van der Waals surface area contributed by atoms with Crippen molar-refractivity contribution in [2.75, 3.05) is 40.3 Å². The van der Waals surface area contributed by atoms with Crippen LogP contribution >= 0.6 is 0 Å². The molecule has 1 aromatic heterocycles. The molecule has 0 aliphatic carbocycles. The number of nitriles is 1. The van der Waals surface area contributed by atoms with Crippen LogP contribution in [-0.4, -0.2) is 110 Å². The number of carbonyl (C=O) groups excluding carboxylic acids is 2. The first-order valence-corrected chi connectivity index (χ1v) is 24.9. The first-order valence-electron chi connectivity index (χ1n) is 24.9. The number of likely N-dealkylation sites (N-methyl/N-ethyl adjacent to an activating group) is 2. The van der Waals surface area contributed by atoms with E-state index in [1.54, 1.807) is 4.90 Å². The van der Waals surface area contributed by atoms with Gasteiger partial charge in [0.15, 0.2) is 5.82 Å². The maximum absolute atomic E-state index is 14.2. The number of tetrazole rings is 1. The SMILES string of the molecule is CN(CCCc1ccc(F)cc1)[C@H]1C[C@@H](C#N)N(C(=O)C(c2ccccc2)c2ccccc2)C1.CN(CCCc1ccc(F)cc1)[C@H]1C[C@@H](c2nn[nH]n2)N(C(=O)C(c2ccccc2)c2ccccc2)C1.[N-]=[N+]=[N-].[Na+]. The van der Waals surface area contributed by atoms with Gasteiger partial charge >= 0.3 is 29.6 Å². The molecule has 4 atom stereocenters. The van der Waals surface area contributed by atoms with Gasteiger partial charge in [-0.05, 0) is 123 Å². The minimum Gasteiger partial charge on any atom is -0.373 e. The van der Waals surface area contributed by atoms with Crippen molar-refractivity contribution in [1.29, 1.82) is 5.26 Å². The van der Waals surface area contributed by atoms with Crippen LogP contribution in [0.4, 0.5) is 8.78 Å². The van der Waals surface area contributed by atoms with Crippen molar-refractivity contribution in [2.45, 2.75) is 74.5 Å². The molecule has 6 aromatic carbocycles. The first-order chi connectivity index (χ1) is 36.1. The molecule has 2 aliphatic heterocycles. The molecule has 2 aliphatic rings. The molecule has 380 valence electrons. The Labute approximate surface area is 460 Å². The summed E-state index contributed by atoms with van der Waals surface area (Å²) in [6, 6.07) is 54.7. The molecular formula is C58H61F2N12NaO2. The van der Waals surface area contributed by atoms with E-state index in [9.17, 15) is 23.6 Å². The zero-order valence-electron chi connectivity index (χ0n) is 42.7. The summed E-state index contributed by atoms with van der Waals surface area (Å²) < 4.78 is 26.3. The average Bonchev–Trinajstić information content (AvgIpc) is 4.23. The standard InChI is InChI=1S/C29H31FN6O.C29H30FN3O.N3.Na/c1-35(18-8-9-21-14-16-24(30)17-15-21)25-19-26(28-31-33-34-32-28)36(20-25)29(37)27(22-10-4-2-5-11-22)23-12-6-3-7-13-23;1-32(18-8-9-22-14-16-25(30)17-15-22)27-19-26(20-31)33(21-27)29(34)28(23-10-4-2-5-11-23)24-12-6-3-7-13-24;1-3-2;/h2-7,10-17,25-27H,8-9,18-20H2,1H3,(H,31,32,33,34);2-7,10-17,26-28H,8-9,18-19,21H2,1H3;;/q;;-1;+1/t25-,26-;26-,27-;;/m00../s1. The Balaban J connectivity index is 0.000000230. The number of carbonyl (C=O) groups is 2. The normalized spacial score (nSPS) is 16.8. The zero-order valence-corrected chi connectivity index (χ0v) is 44.7. The van der Waals surface area contributed by atoms with Crippen LogP contribution in [0, 0.1) is 23.0 Å². The Morgan fingerprint density at radius 1 is 0.640 bits per heavy atom. The van der Waals surface area contributed by atoms with Crippen molar-refractivity contribution in [3.05, 3.63) is 237 Å². The summed E-state index contributed by atoms with van der Waals surface area (Å²) in [7, 11) is 4.16. The van der Waals surface area contributed by atoms with Crippen LogP contribution in [-0.2, 0) is 22.4 Å². The van der Waals surface area contributed by atoms with Gasteiger partial charge in [0.25, 0.3) is 0 Å². The van der Waals surface area contributed by atoms with Gasteiger partial charge in [-0.3, -0.25) is 14.5 Å². The van der Waals surface area contributed by atoms with Crippen LogP contribution in [0.5, 0.6) is 0 Å². The van der Waals surface area contributed by atoms with Gasteiger partial charge < -0.3 is 30.7 Å². The number of likely N-dealkylation sites (tertiary alicyclic amines) is 2. The van der Waals surface area contributed by atoms with Gasteiger partial charge in [0.05, 0.1) is 23.9 Å². The topological polar surface area (TPSA) is 184 Å². The maximum atomic E-state index is 14.2. The van der Waals surface area contributed by atoms with E-state index in [-0.39, 0.29) is 71.1 Å². The number of aryl methyl sites for hydroxylation is 2. The number of halogens is 2. The predicted molar refractivity (Wildman–Crippen MR) is 281 cm³/mol. The molecule has 0 spiro atoms. The van der Waals surface area contributed by atoms with Gasteiger partial charge in [-0.1, -0.05) is 151 Å². The van der Waals surface area contributed by atoms with Crippen molar-refractivity contribution >= 4 is 11.8 Å². The maximum Gasteiger partial charge on any atom is 1.00 e. The third kappa shape index (κ3) is 15.7. The number of hydrogen-bond acceptors (Lipinski definition) is 8. The predicted octanol–water partition coefficient (Wildman–Crippen LogP) is 7.26. The van der Waals surface area contributed by atoms with Crippen LogP contribution < -0.4 is 29.6 Å². The fraction of sp³-hybridized carbons (Fsp3) is 0.310. The zero-order chi connectivity index (χ0) is 52.2. The van der Waals surface area contributed by atoms with Crippen molar-refractivity contribution in [1.82, 2.24) is 40.2 Å². The Morgan fingerprint density at radius 2 is 1.01 bits per heavy atom. The quantitative estimate of drug-likeness (QED) is 0.0428. The molecule has 0 saturated carbocycles. The van der Waals surface area contributed by atoms with E-state index in [1.165, 1.54) is 29.2 Å². The van der Waals surface area contributed by atoms with Crippen molar-refractivity contribution in [2.24, 2.45) is 0 Å². The summed E-state index contributed by atoms with van der Waals surface area (Å²) in [6.07, 6.45) is 4.99. The minimum absolute atomic E-state index is 0. The van der Waals surface area contributed by atoms with E-state index in [0.29, 0.717) is 25.3 Å². The molecular weight excluding hydrogens is 958 g/mol. The van der Waals surface area contributed by atoms with Crippen LogP contribution in [0.2, 0.25) is 0 Å². The minimum atomic E-state index is -0.438. The Kier molecular flexibility index (Phi) is 22.2. The van der Waals surface area contributed by atoms with E-state index in [2.05, 4.69) is 50.6 Å². The number of aromatic amines is 1. The Morgan fingerprint density at radius 3 is 1.39 bits per heavy atom. The molecule has 2 fully saturated rings. The monoisotopic (exact) mass is 1020 g/mol. The van der Waals surface area contributed by atoms with Crippen LogP contribution in [0.3, 0.4) is 0 Å². The molecule has 2 amide bonds. The molecule has 0 radical (unpaired) electrons. The number of nitrogens with one attached hydrogen (secondary N) is 1. The van der Waals surface area contributed by atoms with Gasteiger partial charge in [-0.15, -0.1) is 10.2 Å². The summed E-state index contributed by atoms with van der Waals surface area (Å²) in [5, 5.41) is 24.7. The number of nitrogens with zero attached hydrogens (tertiary/aromatic N) is 11. The molecule has 9 rings (SSSR count). The van der Waals surface area contributed by atoms with Crippen molar-refractivity contribution < 1.29 is 47.9 Å². The van der Waals surface area contributed by atoms with E-state index in [0.717, 1.165) is 78.6 Å². The van der Waals surface area contributed by atoms with Gasteiger partial charge in [-0.2, -0.15) is 10.5 Å². The third-order valence-electron chi connectivity index (χ3n) is 14.0. The van der Waals surface area contributed by atoms with Gasteiger partial charge in [0.2, 0.25) is 11.8 Å². The first kappa shape index (κ1) is 57.2. The van der Waals surface area contributed by atoms with Crippen molar-refractivity contribution in [3.63, 3.8) is 0 Å². The molecule has 0 unspecified atom stereocenters. The van der Waals surface area contributed by atoms with Crippen LogP contribution in [0.1, 0.15) is 82.8 Å². The Bertz CT molecular complexity index is 2800. The number of aromatic nitrogens is 4. The molecule has 17 heteroatoms. The summed E-state index contributed by atoms with van der Waals surface area (Å²) in [6.45, 7) is 2.84. The van der Waals surface area contributed by atoms with Crippen LogP contribution in [0.25, 0.3) is 16.0 Å². The molecule has 0 bridgehead atoms. The summed E-state index contributed by atoms with van der Waals surface area (Å²) in [4.78, 5) is 37.8. The van der Waals surface area contributed by atoms with Crippen LogP contribution in [0.15, 0.2) is 170 Å². The second kappa shape index (κ2) is 29.1. The molecule has 3 heterocycles. The fourth-order valence-corrected chi connectivity index (χ4v) is 10.0. The largest absolute Gasteiger partial charge is 1.00 e. The van der Waals surface area contributed by atoms with E-state index < -0.39 is 17.9 Å². The van der Waals surface area contributed by atoms with Crippen molar-refractivity contribution in [3.8, 4) is 6.07 Å². The van der Waals surface area contributed by atoms with E-state index in [1.807, 2.05) is 150 Å². The molecule has 7 aromatic rings. The number of hydrogen-bond donors (Lipinski definition) is 1. The number of rotatable bonds is 17. The number of benzene rings is 6. The summed E-state index contributed by atoms with van der Waals surface area (Å²) in [5.41, 5.74) is 19.5. The van der Waals surface area contributed by atoms with Gasteiger partial charge in [0.1, 0.15) is 17.7 Å². The molecule has 2 saturated heterocycles. The van der Waals surface area contributed by atoms with E-state index in [4.69, 9.17) is 11.1 Å². The van der Waals surface area contributed by atoms with Gasteiger partial charge in [0, 0.05) is 25.2 Å². The second-order valence-electron chi connectivity index (χ2n) is 18.7. The Hall–Kier alpha value is -7.09. The number of amides is 2.